The summed E-state index contributed by atoms with van der Waals surface area (Å²) in [6.45, 7) is 3.95. The molecule has 2 aromatic carbocycles. The lowest BCUT2D eigenvalue weighted by Crippen LogP contribution is -2.21. The van der Waals surface area contributed by atoms with Gasteiger partial charge < -0.3 is 0 Å². The maximum Gasteiger partial charge on any atom is 0.173 e. The van der Waals surface area contributed by atoms with E-state index in [9.17, 15) is 8.42 Å². The van der Waals surface area contributed by atoms with E-state index in [4.69, 9.17) is 0 Å². The Balaban J connectivity index is 2.28. The third-order valence-corrected chi connectivity index (χ3v) is 8.38. The Morgan fingerprint density at radius 3 is 1.33 bits per heavy atom. The summed E-state index contributed by atoms with van der Waals surface area (Å²) < 4.78 is 24.7. The van der Waals surface area contributed by atoms with Crippen LogP contribution in [0.2, 0.25) is 0 Å². The van der Waals surface area contributed by atoms with Gasteiger partial charge in [-0.3, -0.25) is 0 Å². The van der Waals surface area contributed by atoms with Gasteiger partial charge in [0.05, 0.1) is 0 Å². The second-order valence-corrected chi connectivity index (χ2v) is 8.00. The Kier molecular flexibility index (Phi) is 3.21. The van der Waals surface area contributed by atoms with Gasteiger partial charge in [-0.2, -0.15) is 0 Å². The molecule has 1 fully saturated rings. The normalized spacial score (nSPS) is 30.0. The highest BCUT2D eigenvalue weighted by molar-refractivity contribution is 8.00. The first kappa shape index (κ1) is 14.3. The van der Waals surface area contributed by atoms with Crippen molar-refractivity contribution in [1.82, 2.24) is 0 Å². The molecule has 2 nitrogen and oxygen atoms in total. The minimum Gasteiger partial charge on any atom is -0.227 e. The highest BCUT2D eigenvalue weighted by Crippen LogP contribution is 2.72. The van der Waals surface area contributed by atoms with Crippen molar-refractivity contribution in [2.75, 3.05) is 0 Å². The van der Waals surface area contributed by atoms with Crippen molar-refractivity contribution in [1.29, 1.82) is 0 Å². The Morgan fingerprint density at radius 2 is 1.05 bits per heavy atom. The SMILES string of the molecule is CCC1(c2ccccc2)C(CC)(c2ccccc2)S1(=O)=O. The minimum absolute atomic E-state index is 0.599. The van der Waals surface area contributed by atoms with Crippen molar-refractivity contribution in [2.24, 2.45) is 0 Å². The van der Waals surface area contributed by atoms with Gasteiger partial charge in [0.1, 0.15) is 9.49 Å². The lowest BCUT2D eigenvalue weighted by molar-refractivity contribution is 0.507. The highest BCUT2D eigenvalue weighted by atomic mass is 32.2. The molecule has 110 valence electrons. The fourth-order valence-corrected chi connectivity index (χ4v) is 7.45. The van der Waals surface area contributed by atoms with Crippen molar-refractivity contribution in [3.05, 3.63) is 71.8 Å². The first-order valence-corrected chi connectivity index (χ1v) is 8.92. The second-order valence-electron chi connectivity index (χ2n) is 5.60. The predicted octanol–water partition coefficient (Wildman–Crippen LogP) is 4.03. The molecule has 0 spiro atoms. The molecule has 1 aliphatic rings. The molecular weight excluding hydrogens is 280 g/mol. The van der Waals surface area contributed by atoms with Crippen molar-refractivity contribution >= 4 is 9.84 Å². The van der Waals surface area contributed by atoms with Gasteiger partial charge >= 0.3 is 0 Å². The van der Waals surface area contributed by atoms with Gasteiger partial charge in [0.25, 0.3) is 0 Å². The van der Waals surface area contributed by atoms with Crippen LogP contribution in [-0.4, -0.2) is 8.42 Å². The topological polar surface area (TPSA) is 34.1 Å². The van der Waals surface area contributed by atoms with Crippen LogP contribution in [0.5, 0.6) is 0 Å². The average molecular weight is 300 g/mol. The number of sulfone groups is 1. The first-order chi connectivity index (χ1) is 10.1. The van der Waals surface area contributed by atoms with Crippen LogP contribution in [0.25, 0.3) is 0 Å². The molecule has 0 amide bonds. The zero-order valence-corrected chi connectivity index (χ0v) is 13.2. The molecule has 1 aliphatic heterocycles. The van der Waals surface area contributed by atoms with Gasteiger partial charge in [0.2, 0.25) is 0 Å². The lowest BCUT2D eigenvalue weighted by atomic mass is 9.78. The third-order valence-electron chi connectivity index (χ3n) is 5.00. The van der Waals surface area contributed by atoms with Crippen LogP contribution < -0.4 is 0 Å². The van der Waals surface area contributed by atoms with E-state index in [1.807, 2.05) is 74.5 Å². The van der Waals surface area contributed by atoms with E-state index < -0.39 is 19.3 Å². The Morgan fingerprint density at radius 1 is 0.714 bits per heavy atom. The number of hydrogen-bond donors (Lipinski definition) is 0. The van der Waals surface area contributed by atoms with Crippen LogP contribution >= 0.6 is 0 Å². The van der Waals surface area contributed by atoms with Crippen LogP contribution in [0.15, 0.2) is 60.7 Å². The number of hydrogen-bond acceptors (Lipinski definition) is 2. The van der Waals surface area contributed by atoms with Gasteiger partial charge in [-0.05, 0) is 24.0 Å². The maximum atomic E-state index is 13.1. The van der Waals surface area contributed by atoms with E-state index in [1.165, 1.54) is 0 Å². The van der Waals surface area contributed by atoms with Crippen LogP contribution in [0.4, 0.5) is 0 Å². The summed E-state index contributed by atoms with van der Waals surface area (Å²) in [6, 6.07) is 19.3. The van der Waals surface area contributed by atoms with Crippen LogP contribution in [-0.2, 0) is 19.3 Å². The van der Waals surface area contributed by atoms with Crippen molar-refractivity contribution in [2.45, 2.75) is 36.2 Å². The Bertz CT molecular complexity index is 678. The zero-order chi connectivity index (χ0) is 15.1. The van der Waals surface area contributed by atoms with Crippen LogP contribution in [0.1, 0.15) is 37.8 Å². The molecule has 21 heavy (non-hydrogen) atoms. The molecular formula is C18H20O2S. The molecule has 0 N–H and O–H groups in total. The van der Waals surface area contributed by atoms with Gasteiger partial charge in [-0.1, -0.05) is 74.5 Å². The number of rotatable bonds is 4. The molecule has 0 radical (unpaired) electrons. The quantitative estimate of drug-likeness (QED) is 0.799. The van der Waals surface area contributed by atoms with E-state index in [1.54, 1.807) is 0 Å². The van der Waals surface area contributed by atoms with Crippen LogP contribution in [0, 0.1) is 0 Å². The molecule has 3 rings (SSSR count). The summed E-state index contributed by atoms with van der Waals surface area (Å²) in [5.41, 5.74) is 1.83. The smallest absolute Gasteiger partial charge is 0.173 e. The second kappa shape index (κ2) is 4.70. The summed E-state index contributed by atoms with van der Waals surface area (Å²) in [5.74, 6) is 0. The van der Waals surface area contributed by atoms with Gasteiger partial charge in [0, 0.05) is 0 Å². The van der Waals surface area contributed by atoms with E-state index in [2.05, 4.69) is 0 Å². The number of benzene rings is 2. The Labute approximate surface area is 126 Å². The van der Waals surface area contributed by atoms with Crippen LogP contribution in [0.3, 0.4) is 0 Å². The fraction of sp³-hybridized carbons (Fsp3) is 0.333. The average Bonchev–Trinajstić information content (AvgIpc) is 3.00. The molecule has 0 bridgehead atoms. The molecule has 3 heteroatoms. The van der Waals surface area contributed by atoms with E-state index in [0.717, 1.165) is 11.1 Å². The molecule has 2 unspecified atom stereocenters. The molecule has 1 heterocycles. The largest absolute Gasteiger partial charge is 0.227 e. The molecule has 2 aromatic rings. The molecule has 0 aliphatic carbocycles. The van der Waals surface area contributed by atoms with Crippen molar-refractivity contribution < 1.29 is 8.42 Å². The summed E-state index contributed by atoms with van der Waals surface area (Å²) in [7, 11) is -3.23. The molecule has 0 saturated carbocycles. The molecule has 2 atom stereocenters. The van der Waals surface area contributed by atoms with E-state index in [0.29, 0.717) is 12.8 Å². The molecule has 0 aromatic heterocycles. The Hall–Kier alpha value is -1.61. The minimum atomic E-state index is -3.23. The van der Waals surface area contributed by atoms with Crippen molar-refractivity contribution in [3.8, 4) is 0 Å². The van der Waals surface area contributed by atoms with E-state index in [-0.39, 0.29) is 0 Å². The zero-order valence-electron chi connectivity index (χ0n) is 12.4. The summed E-state index contributed by atoms with van der Waals surface area (Å²) >= 11 is 0. The van der Waals surface area contributed by atoms with Gasteiger partial charge in [-0.15, -0.1) is 0 Å². The van der Waals surface area contributed by atoms with Crippen molar-refractivity contribution in [3.63, 3.8) is 0 Å². The monoisotopic (exact) mass is 300 g/mol. The predicted molar refractivity (Wildman–Crippen MR) is 85.7 cm³/mol. The summed E-state index contributed by atoms with van der Waals surface area (Å²) in [6.07, 6.45) is 1.20. The lowest BCUT2D eigenvalue weighted by Gasteiger charge is -2.19. The summed E-state index contributed by atoms with van der Waals surface area (Å²) in [4.78, 5) is 0. The maximum absolute atomic E-state index is 13.1. The highest BCUT2D eigenvalue weighted by Gasteiger charge is 2.82. The fourth-order valence-electron chi connectivity index (χ4n) is 4.06. The standard InChI is InChI=1S/C18H20O2S/c1-3-17(15-11-7-5-8-12-15)18(4-2,21(17,19)20)16-13-9-6-10-14-16/h5-14H,3-4H2,1-2H3. The first-order valence-electron chi connectivity index (χ1n) is 7.43. The van der Waals surface area contributed by atoms with Gasteiger partial charge in [0.15, 0.2) is 9.84 Å². The third kappa shape index (κ3) is 1.50. The molecule has 1 saturated heterocycles. The van der Waals surface area contributed by atoms with Gasteiger partial charge in [-0.25, -0.2) is 8.42 Å². The summed E-state index contributed by atoms with van der Waals surface area (Å²) in [5, 5.41) is 0. The van der Waals surface area contributed by atoms with E-state index >= 15 is 0 Å².